The van der Waals surface area contributed by atoms with E-state index in [9.17, 15) is 4.79 Å². The number of aromatic nitrogens is 1. The topological polar surface area (TPSA) is 45.2 Å². The quantitative estimate of drug-likeness (QED) is 0.922. The molecule has 2 fully saturated rings. The summed E-state index contributed by atoms with van der Waals surface area (Å²) in [6.45, 7) is 4.95. The molecule has 4 rings (SSSR count). The standard InChI is InChI=1S/C20H25N3O/c1-2-15-16-6-3-4-7-17(16)22-14-18(15)23-12-9-20(10-13-23)8-5-11-21-19(20)24/h3-4,6-7,14H,2,5,8-13H2,1H3,(H,21,24). The fourth-order valence-corrected chi connectivity index (χ4v) is 4.41. The molecule has 4 nitrogen and oxygen atoms in total. The normalized spacial score (nSPS) is 20.4. The van der Waals surface area contributed by atoms with Crippen LogP contribution in [-0.4, -0.2) is 30.5 Å². The van der Waals surface area contributed by atoms with Crippen LogP contribution in [0.25, 0.3) is 10.9 Å². The van der Waals surface area contributed by atoms with E-state index in [1.165, 1.54) is 16.6 Å². The molecule has 0 aliphatic carbocycles. The number of carbonyl (C=O) groups is 1. The molecule has 126 valence electrons. The number of anilines is 1. The van der Waals surface area contributed by atoms with Crippen molar-refractivity contribution in [3.63, 3.8) is 0 Å². The van der Waals surface area contributed by atoms with Gasteiger partial charge in [-0.25, -0.2) is 0 Å². The summed E-state index contributed by atoms with van der Waals surface area (Å²) >= 11 is 0. The lowest BCUT2D eigenvalue weighted by Crippen LogP contribution is -2.52. The molecule has 2 aliphatic rings. The molecule has 1 spiro atoms. The van der Waals surface area contributed by atoms with Gasteiger partial charge in [-0.15, -0.1) is 0 Å². The molecule has 4 heteroatoms. The van der Waals surface area contributed by atoms with Gasteiger partial charge in [0.1, 0.15) is 0 Å². The Hall–Kier alpha value is -2.10. The van der Waals surface area contributed by atoms with Crippen molar-refractivity contribution in [2.24, 2.45) is 5.41 Å². The molecule has 3 heterocycles. The molecule has 1 amide bonds. The van der Waals surface area contributed by atoms with Gasteiger partial charge in [-0.1, -0.05) is 25.1 Å². The van der Waals surface area contributed by atoms with Crippen LogP contribution in [0, 0.1) is 5.41 Å². The summed E-state index contributed by atoms with van der Waals surface area (Å²) < 4.78 is 0. The first-order valence-electron chi connectivity index (χ1n) is 9.13. The lowest BCUT2D eigenvalue weighted by molar-refractivity contribution is -0.134. The highest BCUT2D eigenvalue weighted by Gasteiger charge is 2.42. The number of rotatable bonds is 2. The average Bonchev–Trinajstić information content (AvgIpc) is 2.64. The second kappa shape index (κ2) is 6.08. The van der Waals surface area contributed by atoms with Gasteiger partial charge in [0, 0.05) is 25.0 Å². The van der Waals surface area contributed by atoms with Crippen molar-refractivity contribution in [1.29, 1.82) is 0 Å². The fourth-order valence-electron chi connectivity index (χ4n) is 4.41. The SMILES string of the molecule is CCc1c(N2CCC3(CCCNC3=O)CC2)cnc2ccccc12. The second-order valence-electron chi connectivity index (χ2n) is 7.12. The number of aryl methyl sites for hydroxylation is 1. The largest absolute Gasteiger partial charge is 0.370 e. The van der Waals surface area contributed by atoms with Crippen LogP contribution in [0.3, 0.4) is 0 Å². The number of hydrogen-bond donors (Lipinski definition) is 1. The maximum absolute atomic E-state index is 12.4. The molecule has 0 bridgehead atoms. The molecule has 1 N–H and O–H groups in total. The molecule has 2 aliphatic heterocycles. The summed E-state index contributed by atoms with van der Waals surface area (Å²) in [6, 6.07) is 8.38. The molecular formula is C20H25N3O. The van der Waals surface area contributed by atoms with E-state index < -0.39 is 0 Å². The van der Waals surface area contributed by atoms with Gasteiger partial charge in [0.25, 0.3) is 0 Å². The van der Waals surface area contributed by atoms with E-state index in [0.717, 1.165) is 57.3 Å². The molecular weight excluding hydrogens is 298 g/mol. The third-order valence-corrected chi connectivity index (χ3v) is 5.88. The molecule has 0 radical (unpaired) electrons. The van der Waals surface area contributed by atoms with Crippen LogP contribution in [0.15, 0.2) is 30.5 Å². The first-order chi connectivity index (χ1) is 11.7. The lowest BCUT2D eigenvalue weighted by Gasteiger charge is -2.44. The lowest BCUT2D eigenvalue weighted by atomic mass is 9.72. The minimum atomic E-state index is -0.120. The smallest absolute Gasteiger partial charge is 0.226 e. The zero-order valence-corrected chi connectivity index (χ0v) is 14.3. The predicted octanol–water partition coefficient (Wildman–Crippen LogP) is 3.29. The van der Waals surface area contributed by atoms with E-state index in [4.69, 9.17) is 0 Å². The van der Waals surface area contributed by atoms with Crippen molar-refractivity contribution in [3.8, 4) is 0 Å². The maximum Gasteiger partial charge on any atom is 0.226 e. The van der Waals surface area contributed by atoms with Crippen molar-refractivity contribution < 1.29 is 4.79 Å². The number of para-hydroxylation sites is 1. The average molecular weight is 323 g/mol. The van der Waals surface area contributed by atoms with Gasteiger partial charge in [-0.05, 0) is 43.7 Å². The summed E-state index contributed by atoms with van der Waals surface area (Å²) in [5.41, 5.74) is 3.58. The van der Waals surface area contributed by atoms with Crippen molar-refractivity contribution in [1.82, 2.24) is 10.3 Å². The van der Waals surface area contributed by atoms with Crippen LogP contribution in [0.4, 0.5) is 5.69 Å². The van der Waals surface area contributed by atoms with Crippen LogP contribution in [0.5, 0.6) is 0 Å². The van der Waals surface area contributed by atoms with Crippen molar-refractivity contribution in [2.75, 3.05) is 24.5 Å². The molecule has 1 aromatic carbocycles. The van der Waals surface area contributed by atoms with Gasteiger partial charge >= 0.3 is 0 Å². The monoisotopic (exact) mass is 323 g/mol. The Morgan fingerprint density at radius 3 is 2.75 bits per heavy atom. The third kappa shape index (κ3) is 2.45. The summed E-state index contributed by atoms with van der Waals surface area (Å²) in [6.07, 6.45) is 7.09. The van der Waals surface area contributed by atoms with E-state index in [-0.39, 0.29) is 11.3 Å². The number of piperidine rings is 2. The van der Waals surface area contributed by atoms with Crippen LogP contribution in [0.2, 0.25) is 0 Å². The van der Waals surface area contributed by atoms with Gasteiger partial charge in [-0.2, -0.15) is 0 Å². The number of benzene rings is 1. The third-order valence-electron chi connectivity index (χ3n) is 5.88. The number of pyridine rings is 1. The number of hydrogen-bond acceptors (Lipinski definition) is 3. The molecule has 0 saturated carbocycles. The molecule has 2 saturated heterocycles. The summed E-state index contributed by atoms with van der Waals surface area (Å²) in [5, 5.41) is 4.33. The van der Waals surface area contributed by atoms with E-state index in [1.807, 2.05) is 12.3 Å². The molecule has 24 heavy (non-hydrogen) atoms. The van der Waals surface area contributed by atoms with Crippen molar-refractivity contribution >= 4 is 22.5 Å². The predicted molar refractivity (Wildman–Crippen MR) is 97.2 cm³/mol. The Labute approximate surface area is 143 Å². The summed E-state index contributed by atoms with van der Waals surface area (Å²) in [4.78, 5) is 19.5. The van der Waals surface area contributed by atoms with E-state index in [1.54, 1.807) is 0 Å². The summed E-state index contributed by atoms with van der Waals surface area (Å²) in [7, 11) is 0. The van der Waals surface area contributed by atoms with Gasteiger partial charge in [0.15, 0.2) is 0 Å². The highest BCUT2D eigenvalue weighted by atomic mass is 16.2. The van der Waals surface area contributed by atoms with Crippen LogP contribution < -0.4 is 10.2 Å². The van der Waals surface area contributed by atoms with E-state index >= 15 is 0 Å². The molecule has 1 aromatic heterocycles. The Kier molecular flexibility index (Phi) is 3.91. The van der Waals surface area contributed by atoms with Gasteiger partial charge in [-0.3, -0.25) is 9.78 Å². The first kappa shape index (κ1) is 15.4. The van der Waals surface area contributed by atoms with Gasteiger partial charge < -0.3 is 10.2 Å². The van der Waals surface area contributed by atoms with Gasteiger partial charge in [0.2, 0.25) is 5.91 Å². The number of nitrogens with zero attached hydrogens (tertiary/aromatic N) is 2. The van der Waals surface area contributed by atoms with Crippen molar-refractivity contribution in [3.05, 3.63) is 36.0 Å². The van der Waals surface area contributed by atoms with E-state index in [0.29, 0.717) is 0 Å². The highest BCUT2D eigenvalue weighted by Crippen LogP contribution is 2.40. The Morgan fingerprint density at radius 1 is 1.21 bits per heavy atom. The molecule has 2 aromatic rings. The maximum atomic E-state index is 12.4. The molecule has 0 atom stereocenters. The zero-order chi connectivity index (χ0) is 16.6. The van der Waals surface area contributed by atoms with Gasteiger partial charge in [0.05, 0.1) is 22.8 Å². The minimum absolute atomic E-state index is 0.120. The van der Waals surface area contributed by atoms with Crippen molar-refractivity contribution in [2.45, 2.75) is 39.0 Å². The Balaban J connectivity index is 1.62. The first-order valence-corrected chi connectivity index (χ1v) is 9.13. The highest BCUT2D eigenvalue weighted by molar-refractivity contribution is 5.87. The number of fused-ring (bicyclic) bond motifs is 1. The van der Waals surface area contributed by atoms with Crippen LogP contribution >= 0.6 is 0 Å². The van der Waals surface area contributed by atoms with E-state index in [2.05, 4.69) is 40.3 Å². The number of amides is 1. The van der Waals surface area contributed by atoms with Crippen LogP contribution in [-0.2, 0) is 11.2 Å². The minimum Gasteiger partial charge on any atom is -0.370 e. The zero-order valence-electron chi connectivity index (χ0n) is 14.3. The Morgan fingerprint density at radius 2 is 2.00 bits per heavy atom. The summed E-state index contributed by atoms with van der Waals surface area (Å²) in [5.74, 6) is 0.278. The second-order valence-corrected chi connectivity index (χ2v) is 7.12. The van der Waals surface area contributed by atoms with Crippen LogP contribution in [0.1, 0.15) is 38.2 Å². The molecule has 0 unspecified atom stereocenters. The number of nitrogens with one attached hydrogen (secondary N) is 1. The fraction of sp³-hybridized carbons (Fsp3) is 0.500. The Bertz CT molecular complexity index is 763. The number of carbonyl (C=O) groups excluding carboxylic acids is 1.